The summed E-state index contributed by atoms with van der Waals surface area (Å²) in [5, 5.41) is 11.6. The quantitative estimate of drug-likeness (QED) is 0.921. The molecule has 0 unspecified atom stereocenters. The molecular weight excluding hydrogens is 248 g/mol. The topological polar surface area (TPSA) is 53.4 Å². The number of aromatic nitrogens is 1. The van der Waals surface area contributed by atoms with Crippen molar-refractivity contribution in [2.75, 3.05) is 6.54 Å². The van der Waals surface area contributed by atoms with Crippen molar-refractivity contribution in [1.82, 2.24) is 9.88 Å². The molecule has 0 bridgehead atoms. The molecule has 1 amide bonds. The Morgan fingerprint density at radius 3 is 2.94 bits per heavy atom. The third-order valence-corrected chi connectivity index (χ3v) is 3.49. The molecule has 1 N–H and O–H groups in total. The van der Waals surface area contributed by atoms with Gasteiger partial charge in [0.05, 0.1) is 18.3 Å². The van der Waals surface area contributed by atoms with Crippen LogP contribution in [-0.4, -0.2) is 27.4 Å². The van der Waals surface area contributed by atoms with Crippen molar-refractivity contribution in [1.29, 1.82) is 0 Å². The predicted octanol–water partition coefficient (Wildman–Crippen LogP) is 2.51. The number of pyridine rings is 1. The zero-order valence-electron chi connectivity index (χ0n) is 10.0. The molecule has 0 aliphatic heterocycles. The molecule has 0 atom stereocenters. The Bertz CT molecular complexity index is 526. The molecule has 0 spiro atoms. The van der Waals surface area contributed by atoms with E-state index in [2.05, 4.69) is 4.98 Å². The molecule has 2 rings (SSSR count). The van der Waals surface area contributed by atoms with Gasteiger partial charge in [-0.3, -0.25) is 9.78 Å². The third-order valence-electron chi connectivity index (χ3n) is 2.63. The second-order valence-corrected chi connectivity index (χ2v) is 4.82. The zero-order valence-corrected chi connectivity index (χ0v) is 10.9. The molecule has 0 saturated heterocycles. The first-order chi connectivity index (χ1) is 8.72. The summed E-state index contributed by atoms with van der Waals surface area (Å²) in [7, 11) is 0. The fourth-order valence-corrected chi connectivity index (χ4v) is 2.37. The summed E-state index contributed by atoms with van der Waals surface area (Å²) in [6, 6.07) is 5.49. The van der Waals surface area contributed by atoms with Gasteiger partial charge in [0.15, 0.2) is 0 Å². The smallest absolute Gasteiger partial charge is 0.258 e. The Morgan fingerprint density at radius 2 is 2.33 bits per heavy atom. The Balaban J connectivity index is 2.18. The second-order valence-electron chi connectivity index (χ2n) is 3.79. The lowest BCUT2D eigenvalue weighted by Crippen LogP contribution is -2.30. The molecule has 5 heteroatoms. The van der Waals surface area contributed by atoms with Gasteiger partial charge < -0.3 is 10.0 Å². The van der Waals surface area contributed by atoms with Crippen LogP contribution in [0.1, 0.15) is 22.2 Å². The average molecular weight is 262 g/mol. The predicted molar refractivity (Wildman–Crippen MR) is 70.6 cm³/mol. The van der Waals surface area contributed by atoms with E-state index in [0.29, 0.717) is 18.7 Å². The Hall–Kier alpha value is -1.88. The molecule has 0 aromatic carbocycles. The normalized spacial score (nSPS) is 10.3. The summed E-state index contributed by atoms with van der Waals surface area (Å²) >= 11 is 1.61. The maximum absolute atomic E-state index is 12.3. The third kappa shape index (κ3) is 2.68. The molecule has 94 valence electrons. The molecule has 0 radical (unpaired) electrons. The number of nitrogens with zero attached hydrogens (tertiary/aromatic N) is 2. The van der Waals surface area contributed by atoms with Gasteiger partial charge in [0, 0.05) is 17.6 Å². The van der Waals surface area contributed by atoms with Crippen LogP contribution < -0.4 is 0 Å². The summed E-state index contributed by atoms with van der Waals surface area (Å²) in [4.78, 5) is 18.9. The van der Waals surface area contributed by atoms with E-state index in [1.807, 2.05) is 24.4 Å². The van der Waals surface area contributed by atoms with Crippen molar-refractivity contribution >= 4 is 17.2 Å². The largest absolute Gasteiger partial charge is 0.505 e. The maximum atomic E-state index is 12.3. The van der Waals surface area contributed by atoms with Gasteiger partial charge in [-0.1, -0.05) is 6.07 Å². The van der Waals surface area contributed by atoms with Crippen molar-refractivity contribution in [3.8, 4) is 5.75 Å². The summed E-state index contributed by atoms with van der Waals surface area (Å²) in [6.45, 7) is 3.08. The molecule has 0 fully saturated rings. The maximum Gasteiger partial charge on any atom is 0.258 e. The second kappa shape index (κ2) is 5.64. The monoisotopic (exact) mass is 262 g/mol. The molecule has 2 heterocycles. The number of carbonyl (C=O) groups is 1. The number of carbonyl (C=O) groups excluding carboxylic acids is 1. The number of hydrogen-bond donors (Lipinski definition) is 1. The van der Waals surface area contributed by atoms with Gasteiger partial charge in [0.25, 0.3) is 5.91 Å². The van der Waals surface area contributed by atoms with Crippen molar-refractivity contribution in [2.45, 2.75) is 13.5 Å². The van der Waals surface area contributed by atoms with E-state index in [-0.39, 0.29) is 11.7 Å². The highest BCUT2D eigenvalue weighted by Gasteiger charge is 2.17. The highest BCUT2D eigenvalue weighted by Crippen LogP contribution is 2.19. The molecule has 0 aliphatic rings. The van der Waals surface area contributed by atoms with E-state index in [0.717, 1.165) is 4.88 Å². The summed E-state index contributed by atoms with van der Waals surface area (Å²) in [5.41, 5.74) is 0.295. The number of rotatable bonds is 4. The molecule has 18 heavy (non-hydrogen) atoms. The van der Waals surface area contributed by atoms with Crippen LogP contribution in [0.3, 0.4) is 0 Å². The van der Waals surface area contributed by atoms with Gasteiger partial charge in [-0.15, -0.1) is 11.3 Å². The Kier molecular flexibility index (Phi) is 3.94. The highest BCUT2D eigenvalue weighted by atomic mass is 32.1. The van der Waals surface area contributed by atoms with Gasteiger partial charge >= 0.3 is 0 Å². The van der Waals surface area contributed by atoms with E-state index in [9.17, 15) is 9.90 Å². The van der Waals surface area contributed by atoms with Gasteiger partial charge in [0.2, 0.25) is 0 Å². The fourth-order valence-electron chi connectivity index (χ4n) is 1.66. The van der Waals surface area contributed by atoms with Gasteiger partial charge in [-0.2, -0.15) is 0 Å². The van der Waals surface area contributed by atoms with Crippen molar-refractivity contribution in [3.63, 3.8) is 0 Å². The molecule has 0 saturated carbocycles. The Morgan fingerprint density at radius 1 is 1.50 bits per heavy atom. The zero-order chi connectivity index (χ0) is 13.0. The van der Waals surface area contributed by atoms with E-state index < -0.39 is 0 Å². The first-order valence-corrected chi connectivity index (χ1v) is 6.55. The van der Waals surface area contributed by atoms with Crippen LogP contribution >= 0.6 is 11.3 Å². The standard InChI is InChI=1S/C13H14N2O2S/c1-2-15(9-10-4-3-7-18-10)13(17)11-5-6-14-8-12(11)16/h3-8,16H,2,9H2,1H3. The minimum atomic E-state index is -0.175. The van der Waals surface area contributed by atoms with E-state index >= 15 is 0 Å². The SMILES string of the molecule is CCN(Cc1cccs1)C(=O)c1ccncc1O. The minimum absolute atomic E-state index is 0.0767. The van der Waals surface area contributed by atoms with Crippen LogP contribution in [-0.2, 0) is 6.54 Å². The van der Waals surface area contributed by atoms with Gasteiger partial charge in [-0.05, 0) is 24.4 Å². The lowest BCUT2D eigenvalue weighted by Gasteiger charge is -2.20. The molecule has 2 aromatic rings. The number of amides is 1. The van der Waals surface area contributed by atoms with Crippen LogP contribution in [0.25, 0.3) is 0 Å². The van der Waals surface area contributed by atoms with E-state index in [4.69, 9.17) is 0 Å². The molecule has 4 nitrogen and oxygen atoms in total. The van der Waals surface area contributed by atoms with Crippen molar-refractivity contribution < 1.29 is 9.90 Å². The minimum Gasteiger partial charge on any atom is -0.505 e. The van der Waals surface area contributed by atoms with Gasteiger partial charge in [-0.25, -0.2) is 0 Å². The molecular formula is C13H14N2O2S. The molecule has 0 aliphatic carbocycles. The average Bonchev–Trinajstić information content (AvgIpc) is 2.88. The Labute approximate surface area is 110 Å². The van der Waals surface area contributed by atoms with Crippen LogP contribution in [0.15, 0.2) is 36.0 Å². The summed E-state index contributed by atoms with van der Waals surface area (Å²) < 4.78 is 0. The fraction of sp³-hybridized carbons (Fsp3) is 0.231. The van der Waals surface area contributed by atoms with Crippen LogP contribution in [0.2, 0.25) is 0 Å². The van der Waals surface area contributed by atoms with Crippen LogP contribution in [0.5, 0.6) is 5.75 Å². The highest BCUT2D eigenvalue weighted by molar-refractivity contribution is 7.09. The van der Waals surface area contributed by atoms with Crippen molar-refractivity contribution in [3.05, 3.63) is 46.4 Å². The van der Waals surface area contributed by atoms with Gasteiger partial charge in [0.1, 0.15) is 5.75 Å². The first-order valence-electron chi connectivity index (χ1n) is 5.67. The number of aromatic hydroxyl groups is 1. The molecule has 2 aromatic heterocycles. The lowest BCUT2D eigenvalue weighted by molar-refractivity contribution is 0.0751. The van der Waals surface area contributed by atoms with Crippen molar-refractivity contribution in [2.24, 2.45) is 0 Å². The van der Waals surface area contributed by atoms with E-state index in [1.165, 1.54) is 18.5 Å². The first kappa shape index (κ1) is 12.6. The van der Waals surface area contributed by atoms with E-state index in [1.54, 1.807) is 16.2 Å². The van der Waals surface area contributed by atoms with Crippen LogP contribution in [0.4, 0.5) is 0 Å². The number of hydrogen-bond acceptors (Lipinski definition) is 4. The van der Waals surface area contributed by atoms with Crippen LogP contribution in [0, 0.1) is 0 Å². The lowest BCUT2D eigenvalue weighted by atomic mass is 10.2. The number of thiophene rings is 1. The summed E-state index contributed by atoms with van der Waals surface area (Å²) in [5.74, 6) is -0.252. The summed E-state index contributed by atoms with van der Waals surface area (Å²) in [6.07, 6.45) is 2.79.